The lowest BCUT2D eigenvalue weighted by atomic mass is 10.0. The third-order valence-electron chi connectivity index (χ3n) is 5.19. The number of rotatable bonds is 5. The Labute approximate surface area is 196 Å². The minimum absolute atomic E-state index is 0.0339. The molecule has 1 fully saturated rings. The van der Waals surface area contributed by atoms with Crippen LogP contribution in [0.5, 0.6) is 0 Å². The molecule has 2 atom stereocenters. The zero-order valence-corrected chi connectivity index (χ0v) is 19.2. The number of nitrogens with one attached hydrogen (secondary N) is 2. The number of aryl methyl sites for hydroxylation is 1. The highest BCUT2D eigenvalue weighted by molar-refractivity contribution is 7.17. The maximum Gasteiger partial charge on any atom is 0.348 e. The molecule has 0 aromatic carbocycles. The van der Waals surface area contributed by atoms with E-state index in [1.807, 2.05) is 0 Å². The molecule has 3 N–H and O–H groups in total. The van der Waals surface area contributed by atoms with Gasteiger partial charge < -0.3 is 20.3 Å². The van der Waals surface area contributed by atoms with E-state index >= 15 is 0 Å². The quantitative estimate of drug-likeness (QED) is 0.582. The van der Waals surface area contributed by atoms with Crippen molar-refractivity contribution >= 4 is 63.5 Å². The zero-order chi connectivity index (χ0) is 23.0. The van der Waals surface area contributed by atoms with Gasteiger partial charge in [-0.2, -0.15) is 0 Å². The lowest BCUT2D eigenvalue weighted by Gasteiger charge is -2.34. The van der Waals surface area contributed by atoms with Crippen molar-refractivity contribution in [1.82, 2.24) is 15.3 Å². The van der Waals surface area contributed by atoms with Crippen molar-refractivity contribution in [3.8, 4) is 0 Å². The van der Waals surface area contributed by atoms with E-state index in [2.05, 4.69) is 25.3 Å². The van der Waals surface area contributed by atoms with Crippen LogP contribution in [0, 0.1) is 6.92 Å². The van der Waals surface area contributed by atoms with E-state index in [0.29, 0.717) is 42.6 Å². The number of aromatic carboxylic acids is 1. The normalized spacial score (nSPS) is 20.9. The molecule has 9 nitrogen and oxygen atoms in total. The highest BCUT2D eigenvalue weighted by Gasteiger charge is 2.34. The predicted octanol–water partition coefficient (Wildman–Crippen LogP) is 3.00. The van der Waals surface area contributed by atoms with Crippen LogP contribution in [0.3, 0.4) is 0 Å². The van der Waals surface area contributed by atoms with Gasteiger partial charge in [-0.15, -0.1) is 0 Å². The first-order valence-corrected chi connectivity index (χ1v) is 11.4. The molecule has 0 radical (unpaired) electrons. The van der Waals surface area contributed by atoms with Crippen LogP contribution in [0.2, 0.25) is 10.0 Å². The first-order valence-electron chi connectivity index (χ1n) is 9.78. The van der Waals surface area contributed by atoms with Gasteiger partial charge in [-0.25, -0.2) is 14.2 Å². The molecule has 2 aliphatic heterocycles. The fraction of sp³-hybridized carbons (Fsp3) is 0.421. The number of H-pyrrole nitrogens is 1. The summed E-state index contributed by atoms with van der Waals surface area (Å²) in [5.41, 5.74) is 1.29. The van der Waals surface area contributed by atoms with E-state index in [4.69, 9.17) is 23.2 Å². The van der Waals surface area contributed by atoms with Crippen LogP contribution < -0.4 is 10.2 Å². The third-order valence-corrected chi connectivity index (χ3v) is 7.24. The molecular weight excluding hydrogens is 482 g/mol. The first-order chi connectivity index (χ1) is 15.3. The molecule has 0 spiro atoms. The molecule has 1 saturated heterocycles. The lowest BCUT2D eigenvalue weighted by Crippen LogP contribution is -2.52. The Morgan fingerprint density at radius 1 is 1.34 bits per heavy atom. The van der Waals surface area contributed by atoms with Gasteiger partial charge in [0.1, 0.15) is 28.1 Å². The SMILES string of the molecule is Cc1[nH]c(C(=O)N[C@@H]2CCN(c3nc(C4=NCCN=C4)c(C(=O)O)s3)C[C@@H]2F)c(Cl)c1Cl. The number of carbonyl (C=O) groups excluding carboxylic acids is 1. The van der Waals surface area contributed by atoms with Gasteiger partial charge in [-0.1, -0.05) is 34.5 Å². The number of amides is 1. The topological polar surface area (TPSA) is 123 Å². The fourth-order valence-corrected chi connectivity index (χ4v) is 4.89. The van der Waals surface area contributed by atoms with Crippen LogP contribution in [-0.2, 0) is 0 Å². The highest BCUT2D eigenvalue weighted by atomic mass is 35.5. The van der Waals surface area contributed by atoms with Gasteiger partial charge in [0.05, 0.1) is 35.7 Å². The molecule has 13 heteroatoms. The number of aromatic amines is 1. The standard InChI is InChI=1S/C19H19Cl2FN6O3S/c1-8-12(20)13(21)15(25-8)17(29)26-10-2-5-28(7-9(10)22)19-27-14(16(32-19)18(30)31)11-6-23-3-4-24-11/h6,9-10,25H,2-5,7H2,1H3,(H,26,29)(H,30,31)/t9-,10+/m0/s1. The van der Waals surface area contributed by atoms with E-state index in [9.17, 15) is 19.1 Å². The average Bonchev–Trinajstić information content (AvgIpc) is 3.33. The van der Waals surface area contributed by atoms with Gasteiger partial charge in [0.15, 0.2) is 5.13 Å². The fourth-order valence-electron chi connectivity index (χ4n) is 3.53. The summed E-state index contributed by atoms with van der Waals surface area (Å²) in [6.07, 6.45) is 0.415. The molecule has 2 aliphatic rings. The number of alkyl halides is 1. The number of aliphatic imine (C=N–C) groups is 2. The summed E-state index contributed by atoms with van der Waals surface area (Å²) >= 11 is 13.0. The summed E-state index contributed by atoms with van der Waals surface area (Å²) in [7, 11) is 0. The van der Waals surface area contributed by atoms with E-state index in [1.54, 1.807) is 11.8 Å². The van der Waals surface area contributed by atoms with Gasteiger partial charge >= 0.3 is 5.97 Å². The second kappa shape index (κ2) is 9.16. The number of carbonyl (C=O) groups is 2. The number of carboxylic acid groups (broad SMARTS) is 1. The molecule has 0 bridgehead atoms. The second-order valence-corrected chi connectivity index (χ2v) is 9.10. The van der Waals surface area contributed by atoms with Crippen molar-refractivity contribution in [3.63, 3.8) is 0 Å². The van der Waals surface area contributed by atoms with Gasteiger partial charge in [-0.3, -0.25) is 14.8 Å². The molecular formula is C19H19Cl2FN6O3S. The molecule has 0 saturated carbocycles. The summed E-state index contributed by atoms with van der Waals surface area (Å²) < 4.78 is 15.0. The summed E-state index contributed by atoms with van der Waals surface area (Å²) in [4.78, 5) is 41.6. The number of hydrogen-bond acceptors (Lipinski definition) is 7. The molecule has 1 amide bonds. The van der Waals surface area contributed by atoms with Crippen LogP contribution in [0.1, 0.15) is 38.0 Å². The number of anilines is 1. The number of nitrogens with zero attached hydrogens (tertiary/aromatic N) is 4. The van der Waals surface area contributed by atoms with Gasteiger partial charge in [0.2, 0.25) is 0 Å². The Morgan fingerprint density at radius 3 is 2.72 bits per heavy atom. The van der Waals surface area contributed by atoms with Crippen LogP contribution in [-0.4, -0.2) is 77.3 Å². The summed E-state index contributed by atoms with van der Waals surface area (Å²) in [5.74, 6) is -1.66. The second-order valence-electron chi connectivity index (χ2n) is 7.37. The van der Waals surface area contributed by atoms with E-state index in [1.165, 1.54) is 6.21 Å². The molecule has 0 aliphatic carbocycles. The van der Waals surface area contributed by atoms with Gasteiger partial charge in [-0.05, 0) is 13.3 Å². The Kier molecular flexibility index (Phi) is 6.50. The Hall–Kier alpha value is -2.50. The Balaban J connectivity index is 1.47. The Bertz CT molecular complexity index is 1130. The summed E-state index contributed by atoms with van der Waals surface area (Å²) in [6.45, 7) is 3.03. The Morgan fingerprint density at radius 2 is 2.12 bits per heavy atom. The number of piperidine rings is 1. The minimum Gasteiger partial charge on any atom is -0.477 e. The number of halogens is 3. The summed E-state index contributed by atoms with van der Waals surface area (Å²) in [5, 5.41) is 13.0. The van der Waals surface area contributed by atoms with Crippen molar-refractivity contribution in [2.75, 3.05) is 31.1 Å². The largest absolute Gasteiger partial charge is 0.477 e. The number of thiazole rings is 1. The molecule has 0 unspecified atom stereocenters. The zero-order valence-electron chi connectivity index (χ0n) is 16.9. The van der Waals surface area contributed by atoms with Crippen molar-refractivity contribution < 1.29 is 19.1 Å². The molecule has 32 heavy (non-hydrogen) atoms. The van der Waals surface area contributed by atoms with E-state index in [0.717, 1.165) is 11.3 Å². The van der Waals surface area contributed by atoms with Crippen molar-refractivity contribution in [2.24, 2.45) is 9.98 Å². The van der Waals surface area contributed by atoms with E-state index in [-0.39, 0.29) is 32.9 Å². The van der Waals surface area contributed by atoms with Crippen LogP contribution >= 0.6 is 34.5 Å². The number of carboxylic acids is 1. The van der Waals surface area contributed by atoms with Crippen molar-refractivity contribution in [2.45, 2.75) is 25.6 Å². The molecule has 4 rings (SSSR count). The van der Waals surface area contributed by atoms with E-state index < -0.39 is 24.1 Å². The molecule has 170 valence electrons. The molecule has 2 aromatic rings. The number of hydrogen-bond donors (Lipinski definition) is 3. The maximum absolute atomic E-state index is 15.0. The van der Waals surface area contributed by atoms with Crippen LogP contribution in [0.25, 0.3) is 0 Å². The highest BCUT2D eigenvalue weighted by Crippen LogP contribution is 2.31. The third kappa shape index (κ3) is 4.37. The van der Waals surface area contributed by atoms with Crippen molar-refractivity contribution in [1.29, 1.82) is 0 Å². The molecule has 4 heterocycles. The minimum atomic E-state index is -1.40. The van der Waals surface area contributed by atoms with Crippen molar-refractivity contribution in [3.05, 3.63) is 32.0 Å². The average molecular weight is 501 g/mol. The molecule has 2 aromatic heterocycles. The van der Waals surface area contributed by atoms with Gasteiger partial charge in [0.25, 0.3) is 5.91 Å². The lowest BCUT2D eigenvalue weighted by molar-refractivity contribution is 0.0701. The van der Waals surface area contributed by atoms with Gasteiger partial charge in [0, 0.05) is 18.5 Å². The first kappa shape index (κ1) is 22.7. The predicted molar refractivity (Wildman–Crippen MR) is 122 cm³/mol. The van der Waals surface area contributed by atoms with Crippen LogP contribution in [0.4, 0.5) is 9.52 Å². The monoisotopic (exact) mass is 500 g/mol. The summed E-state index contributed by atoms with van der Waals surface area (Å²) in [6, 6.07) is -0.731. The maximum atomic E-state index is 15.0. The number of aromatic nitrogens is 2. The van der Waals surface area contributed by atoms with Crippen LogP contribution in [0.15, 0.2) is 9.98 Å². The smallest absolute Gasteiger partial charge is 0.348 e.